The second kappa shape index (κ2) is 4.35. The molecule has 18 heavy (non-hydrogen) atoms. The number of nitrogens with one attached hydrogen (secondary N) is 1. The largest absolute Gasteiger partial charge is 0.477 e. The summed E-state index contributed by atoms with van der Waals surface area (Å²) in [7, 11) is -3.90. The Bertz CT molecular complexity index is 555. The van der Waals surface area contributed by atoms with Gasteiger partial charge >= 0.3 is 5.97 Å². The average Bonchev–Trinajstić information content (AvgIpc) is 2.87. The number of H-pyrrole nitrogens is 1. The lowest BCUT2D eigenvalue weighted by Gasteiger charge is -2.13. The van der Waals surface area contributed by atoms with Crippen LogP contribution >= 0.6 is 0 Å². The Morgan fingerprint density at radius 3 is 2.33 bits per heavy atom. The van der Waals surface area contributed by atoms with Crippen molar-refractivity contribution in [3.05, 3.63) is 18.0 Å². The van der Waals surface area contributed by atoms with Crippen molar-refractivity contribution in [2.75, 3.05) is 13.1 Å². The van der Waals surface area contributed by atoms with Gasteiger partial charge in [0.1, 0.15) is 10.6 Å². The number of carboxylic acid groups (broad SMARTS) is 1. The monoisotopic (exact) mass is 276 g/mol. The van der Waals surface area contributed by atoms with Crippen molar-refractivity contribution in [3.8, 4) is 0 Å². The van der Waals surface area contributed by atoms with Crippen LogP contribution in [-0.4, -0.2) is 64.3 Å². The highest BCUT2D eigenvalue weighted by molar-refractivity contribution is 7.89. The first-order valence-electron chi connectivity index (χ1n) is 5.10. The number of sulfonamides is 1. The molecule has 2 atom stereocenters. The van der Waals surface area contributed by atoms with E-state index in [-0.39, 0.29) is 23.7 Å². The van der Waals surface area contributed by atoms with Gasteiger partial charge in [0.25, 0.3) is 0 Å². The van der Waals surface area contributed by atoms with Crippen LogP contribution in [0.2, 0.25) is 0 Å². The Morgan fingerprint density at radius 2 is 1.89 bits per heavy atom. The third kappa shape index (κ3) is 2.12. The molecule has 0 bridgehead atoms. The van der Waals surface area contributed by atoms with Crippen LogP contribution in [0.4, 0.5) is 0 Å². The van der Waals surface area contributed by atoms with Crippen molar-refractivity contribution >= 4 is 16.0 Å². The maximum absolute atomic E-state index is 12.1. The molecule has 1 aliphatic heterocycles. The van der Waals surface area contributed by atoms with Crippen molar-refractivity contribution in [1.82, 2.24) is 9.29 Å². The number of hydrogen-bond acceptors (Lipinski definition) is 5. The van der Waals surface area contributed by atoms with Gasteiger partial charge in [0.15, 0.2) is 0 Å². The summed E-state index contributed by atoms with van der Waals surface area (Å²) in [4.78, 5) is 12.8. The average molecular weight is 276 g/mol. The van der Waals surface area contributed by atoms with Crippen LogP contribution in [0.25, 0.3) is 0 Å². The van der Waals surface area contributed by atoms with E-state index in [9.17, 15) is 23.4 Å². The third-order valence-electron chi connectivity index (χ3n) is 2.75. The summed E-state index contributed by atoms with van der Waals surface area (Å²) >= 11 is 0. The number of rotatable bonds is 3. The summed E-state index contributed by atoms with van der Waals surface area (Å²) in [5.74, 6) is -1.27. The molecule has 2 heterocycles. The van der Waals surface area contributed by atoms with Crippen LogP contribution in [0.1, 0.15) is 10.5 Å². The number of nitrogens with zero attached hydrogens (tertiary/aromatic N) is 1. The van der Waals surface area contributed by atoms with Crippen LogP contribution in [0.3, 0.4) is 0 Å². The lowest BCUT2D eigenvalue weighted by Crippen LogP contribution is -2.29. The highest BCUT2D eigenvalue weighted by atomic mass is 32.2. The van der Waals surface area contributed by atoms with Gasteiger partial charge in [-0.3, -0.25) is 0 Å². The molecule has 0 spiro atoms. The van der Waals surface area contributed by atoms with Crippen molar-refractivity contribution in [1.29, 1.82) is 0 Å². The molecule has 1 fully saturated rings. The number of β-amino-alcohol motifs (C(OH)–C–C–N with tert-alkyl or cyclic N) is 2. The highest BCUT2D eigenvalue weighted by Crippen LogP contribution is 2.22. The zero-order valence-electron chi connectivity index (χ0n) is 9.15. The summed E-state index contributed by atoms with van der Waals surface area (Å²) in [6.07, 6.45) is -1.19. The van der Waals surface area contributed by atoms with Gasteiger partial charge in [-0.1, -0.05) is 0 Å². The van der Waals surface area contributed by atoms with Crippen LogP contribution in [0.15, 0.2) is 17.2 Å². The minimum Gasteiger partial charge on any atom is -0.477 e. The molecule has 9 heteroatoms. The predicted molar refractivity (Wildman–Crippen MR) is 58.5 cm³/mol. The first-order chi connectivity index (χ1) is 8.32. The van der Waals surface area contributed by atoms with Gasteiger partial charge in [-0.2, -0.15) is 4.31 Å². The quantitative estimate of drug-likeness (QED) is 0.528. The molecule has 0 saturated carbocycles. The first kappa shape index (κ1) is 13.0. The summed E-state index contributed by atoms with van der Waals surface area (Å²) in [6.45, 7) is -0.422. The molecule has 1 aromatic heterocycles. The highest BCUT2D eigenvalue weighted by Gasteiger charge is 2.38. The number of hydrogen-bond donors (Lipinski definition) is 4. The molecule has 4 N–H and O–H groups in total. The molecule has 0 aliphatic carbocycles. The van der Waals surface area contributed by atoms with Gasteiger partial charge in [-0.25, -0.2) is 13.2 Å². The van der Waals surface area contributed by atoms with Crippen LogP contribution in [-0.2, 0) is 10.0 Å². The van der Waals surface area contributed by atoms with E-state index in [2.05, 4.69) is 4.98 Å². The van der Waals surface area contributed by atoms with Gasteiger partial charge in [0.2, 0.25) is 10.0 Å². The predicted octanol–water partition coefficient (Wildman–Crippen LogP) is -1.56. The van der Waals surface area contributed by atoms with E-state index >= 15 is 0 Å². The second-order valence-corrected chi connectivity index (χ2v) is 5.95. The smallest absolute Gasteiger partial charge is 0.352 e. The topological polar surface area (TPSA) is 131 Å². The third-order valence-corrected chi connectivity index (χ3v) is 4.56. The summed E-state index contributed by atoms with van der Waals surface area (Å²) in [6, 6.07) is 0.995. The SMILES string of the molecule is O=C(O)c1cc(S(=O)(=O)N2CC(O)C(O)C2)c[nH]1. The molecule has 0 radical (unpaired) electrons. The van der Waals surface area contributed by atoms with Crippen molar-refractivity contribution < 1.29 is 28.5 Å². The number of aliphatic hydroxyl groups excluding tert-OH is 2. The molecule has 100 valence electrons. The molecule has 2 unspecified atom stereocenters. The van der Waals surface area contributed by atoms with Gasteiger partial charge in [-0.15, -0.1) is 0 Å². The first-order valence-corrected chi connectivity index (χ1v) is 6.54. The van der Waals surface area contributed by atoms with Gasteiger partial charge in [0.05, 0.1) is 12.2 Å². The fourth-order valence-electron chi connectivity index (χ4n) is 1.73. The van der Waals surface area contributed by atoms with Crippen molar-refractivity contribution in [2.45, 2.75) is 17.1 Å². The Morgan fingerprint density at radius 1 is 1.33 bits per heavy atom. The van der Waals surface area contributed by atoms with E-state index in [1.54, 1.807) is 0 Å². The molecular formula is C9H12N2O6S. The lowest BCUT2D eigenvalue weighted by molar-refractivity contribution is 0.0572. The van der Waals surface area contributed by atoms with Gasteiger partial charge in [-0.05, 0) is 6.07 Å². The molecule has 0 aromatic carbocycles. The number of aliphatic hydroxyl groups is 2. The molecule has 1 saturated heterocycles. The van der Waals surface area contributed by atoms with E-state index in [1.165, 1.54) is 0 Å². The van der Waals surface area contributed by atoms with E-state index in [4.69, 9.17) is 5.11 Å². The minimum absolute atomic E-state index is 0.207. The maximum Gasteiger partial charge on any atom is 0.352 e. The number of carbonyl (C=O) groups is 1. The Balaban J connectivity index is 2.28. The molecular weight excluding hydrogens is 264 g/mol. The minimum atomic E-state index is -3.90. The Labute approximate surface area is 103 Å². The van der Waals surface area contributed by atoms with Gasteiger partial charge in [0, 0.05) is 19.3 Å². The summed E-state index contributed by atoms with van der Waals surface area (Å²) in [5.41, 5.74) is -0.242. The Hall–Kier alpha value is -1.42. The van der Waals surface area contributed by atoms with Crippen LogP contribution in [0.5, 0.6) is 0 Å². The van der Waals surface area contributed by atoms with E-state index < -0.39 is 28.2 Å². The Kier molecular flexibility index (Phi) is 3.15. The summed E-state index contributed by atoms with van der Waals surface area (Å²) < 4.78 is 25.0. The maximum atomic E-state index is 12.1. The number of aromatic amines is 1. The molecule has 1 aliphatic rings. The zero-order valence-corrected chi connectivity index (χ0v) is 9.96. The van der Waals surface area contributed by atoms with E-state index in [0.717, 1.165) is 16.6 Å². The zero-order chi connectivity index (χ0) is 13.5. The summed E-state index contributed by atoms with van der Waals surface area (Å²) in [5, 5.41) is 27.3. The van der Waals surface area contributed by atoms with Gasteiger partial charge < -0.3 is 20.3 Å². The number of aromatic carboxylic acids is 1. The molecule has 8 nitrogen and oxygen atoms in total. The van der Waals surface area contributed by atoms with Crippen molar-refractivity contribution in [3.63, 3.8) is 0 Å². The van der Waals surface area contributed by atoms with Crippen LogP contribution < -0.4 is 0 Å². The fraction of sp³-hybridized carbons (Fsp3) is 0.444. The lowest BCUT2D eigenvalue weighted by atomic mass is 10.3. The normalized spacial score (nSPS) is 25.4. The number of aromatic nitrogens is 1. The van der Waals surface area contributed by atoms with E-state index in [0.29, 0.717) is 0 Å². The van der Waals surface area contributed by atoms with Crippen LogP contribution in [0, 0.1) is 0 Å². The fourth-order valence-corrected chi connectivity index (χ4v) is 3.20. The molecule has 2 rings (SSSR count). The molecule has 1 aromatic rings. The van der Waals surface area contributed by atoms with E-state index in [1.807, 2.05) is 0 Å². The van der Waals surface area contributed by atoms with Crippen molar-refractivity contribution in [2.24, 2.45) is 0 Å². The standard InChI is InChI=1S/C9H12N2O6S/c12-7-3-11(4-8(7)13)18(16,17)5-1-6(9(14)15)10-2-5/h1-2,7-8,10,12-13H,3-4H2,(H,14,15). The second-order valence-electron chi connectivity index (χ2n) is 4.01. The number of carboxylic acids is 1. The molecule has 0 amide bonds.